The van der Waals surface area contributed by atoms with Gasteiger partial charge in [0.2, 0.25) is 10.4 Å². The van der Waals surface area contributed by atoms with E-state index in [2.05, 4.69) is 5.32 Å². The summed E-state index contributed by atoms with van der Waals surface area (Å²) in [6, 6.07) is 0.172. The average molecular weight is 468 g/mol. The van der Waals surface area contributed by atoms with Gasteiger partial charge in [0.15, 0.2) is 12.1 Å². The average Bonchev–Trinajstić information content (AvgIpc) is 3.01. The zero-order chi connectivity index (χ0) is 20.4. The summed E-state index contributed by atoms with van der Waals surface area (Å²) in [6.45, 7) is 7.46. The van der Waals surface area contributed by atoms with Crippen molar-refractivity contribution in [3.8, 4) is 0 Å². The Morgan fingerprint density at radius 2 is 2.04 bits per heavy atom. The normalized spacial score (nSPS) is 30.9. The number of nitrogens with one attached hydrogen (secondary N) is 1. The molecular weight excluding hydrogens is 441 g/mol. The number of ether oxygens (including phenoxy) is 4. The molecule has 2 rings (SSSR count). The van der Waals surface area contributed by atoms with Gasteiger partial charge in [-0.15, -0.1) is 0 Å². The zero-order valence-corrected chi connectivity index (χ0v) is 21.3. The van der Waals surface area contributed by atoms with Gasteiger partial charge < -0.3 is 28.8 Å². The molecule has 1 unspecified atom stereocenters. The molecule has 2 heterocycles. The quantitative estimate of drug-likeness (QED) is 0.187. The van der Waals surface area contributed by atoms with E-state index in [0.717, 1.165) is 6.42 Å². The van der Waals surface area contributed by atoms with Gasteiger partial charge >= 0.3 is 29.6 Å². The van der Waals surface area contributed by atoms with Gasteiger partial charge in [-0.1, -0.05) is 30.9 Å². The van der Waals surface area contributed by atoms with E-state index in [-0.39, 0.29) is 41.4 Å². The van der Waals surface area contributed by atoms with Gasteiger partial charge in [-0.3, -0.25) is 4.18 Å². The van der Waals surface area contributed by atoms with Gasteiger partial charge in [0.05, 0.1) is 0 Å². The summed E-state index contributed by atoms with van der Waals surface area (Å²) in [5.74, 6) is -0.772. The molecule has 0 radical (unpaired) electrons. The van der Waals surface area contributed by atoms with Crippen LogP contribution in [-0.4, -0.2) is 72.7 Å². The summed E-state index contributed by atoms with van der Waals surface area (Å²) < 4.78 is 61.5. The SMILES string of the molecule is CCC(C)NC(=S)SC[C@H](OS(=O)(=O)[O-])[C@H]1O[C@@H]2OC(C)(C)O[C@@H]2[C@H]1OC.[Na+]. The molecule has 0 aromatic carbocycles. The zero-order valence-electron chi connectivity index (χ0n) is 16.9. The van der Waals surface area contributed by atoms with E-state index in [9.17, 15) is 13.0 Å². The van der Waals surface area contributed by atoms with Crippen LogP contribution in [0.4, 0.5) is 0 Å². The van der Waals surface area contributed by atoms with E-state index in [1.54, 1.807) is 13.8 Å². The van der Waals surface area contributed by atoms with Gasteiger partial charge in [-0.05, 0) is 27.2 Å². The van der Waals surface area contributed by atoms with E-state index in [4.69, 9.17) is 35.3 Å². The summed E-state index contributed by atoms with van der Waals surface area (Å²) >= 11 is 6.42. The first kappa shape index (κ1) is 27.0. The Labute approximate surface area is 198 Å². The fourth-order valence-electron chi connectivity index (χ4n) is 2.90. The molecule has 0 aromatic rings. The van der Waals surface area contributed by atoms with Gasteiger partial charge in [0.1, 0.15) is 28.7 Å². The van der Waals surface area contributed by atoms with Crippen LogP contribution < -0.4 is 34.9 Å². The van der Waals surface area contributed by atoms with Crippen molar-refractivity contribution in [2.75, 3.05) is 12.9 Å². The third-order valence-corrected chi connectivity index (χ3v) is 6.09. The minimum Gasteiger partial charge on any atom is -0.726 e. The van der Waals surface area contributed by atoms with Crippen LogP contribution in [0, 0.1) is 0 Å². The Balaban J connectivity index is 0.00000392. The molecule has 2 aliphatic heterocycles. The van der Waals surface area contributed by atoms with Crippen LogP contribution in [-0.2, 0) is 33.5 Å². The first-order valence-electron chi connectivity index (χ1n) is 8.57. The number of thioether (sulfide) groups is 1. The van der Waals surface area contributed by atoms with Crippen LogP contribution in [0.15, 0.2) is 0 Å². The second kappa shape index (κ2) is 11.0. The summed E-state index contributed by atoms with van der Waals surface area (Å²) in [7, 11) is -3.51. The number of fused-ring (bicyclic) bond motifs is 1. The first-order chi connectivity index (χ1) is 12.5. The molecule has 2 aliphatic rings. The maximum Gasteiger partial charge on any atom is 1.00 e. The van der Waals surface area contributed by atoms with E-state index in [1.165, 1.54) is 18.9 Å². The molecule has 13 heteroatoms. The van der Waals surface area contributed by atoms with E-state index < -0.39 is 46.9 Å². The standard InChI is InChI=1S/C15H27NO8S3.Na/c1-6-8(2)16-14(25)26-7-9(24-27(17,18)19)10-11(20-5)12-13(21-10)23-15(3,4)22-12;/h8-13H,6-7H2,1-5H3,(H,16,25)(H,17,18,19);/q;+1/p-1/t8?,9-,10+,11-,12+,13+;/m0./s1. The molecule has 0 saturated carbocycles. The molecule has 28 heavy (non-hydrogen) atoms. The van der Waals surface area contributed by atoms with E-state index in [1.807, 2.05) is 13.8 Å². The Kier molecular flexibility index (Phi) is 10.6. The fraction of sp³-hybridized carbons (Fsp3) is 0.933. The molecule has 158 valence electrons. The van der Waals surface area contributed by atoms with Crippen LogP contribution in [0.25, 0.3) is 0 Å². The monoisotopic (exact) mass is 467 g/mol. The molecular formula is C15H26NNaO8S3. The second-order valence-corrected chi connectivity index (χ2v) is 9.57. The Hall–Kier alpha value is 0.950. The summed E-state index contributed by atoms with van der Waals surface area (Å²) in [5, 5.41) is 3.10. The van der Waals surface area contributed by atoms with Crippen molar-refractivity contribution >= 4 is 38.7 Å². The predicted molar refractivity (Wildman–Crippen MR) is 102 cm³/mol. The maximum absolute atomic E-state index is 11.2. The predicted octanol–water partition coefficient (Wildman–Crippen LogP) is -1.87. The first-order valence-corrected chi connectivity index (χ1v) is 11.3. The molecule has 9 nitrogen and oxygen atoms in total. The largest absolute Gasteiger partial charge is 1.00 e. The smallest absolute Gasteiger partial charge is 0.726 e. The van der Waals surface area contributed by atoms with Crippen molar-refractivity contribution in [1.82, 2.24) is 5.32 Å². The van der Waals surface area contributed by atoms with E-state index in [0.29, 0.717) is 4.32 Å². The maximum atomic E-state index is 11.2. The van der Waals surface area contributed by atoms with Gasteiger partial charge in [0.25, 0.3) is 0 Å². The Morgan fingerprint density at radius 1 is 1.39 bits per heavy atom. The van der Waals surface area contributed by atoms with Crippen LogP contribution in [0.1, 0.15) is 34.1 Å². The molecule has 0 aromatic heterocycles. The number of hydrogen-bond donors (Lipinski definition) is 1. The number of methoxy groups -OCH3 is 1. The van der Waals surface area contributed by atoms with E-state index >= 15 is 0 Å². The Bertz CT molecular complexity index is 635. The molecule has 0 bridgehead atoms. The molecule has 2 fully saturated rings. The third kappa shape index (κ3) is 7.57. The van der Waals surface area contributed by atoms with Crippen molar-refractivity contribution in [3.63, 3.8) is 0 Å². The van der Waals surface area contributed by atoms with Crippen molar-refractivity contribution in [2.24, 2.45) is 0 Å². The third-order valence-electron chi connectivity index (χ3n) is 4.26. The van der Waals surface area contributed by atoms with Crippen molar-refractivity contribution in [3.05, 3.63) is 0 Å². The van der Waals surface area contributed by atoms with Crippen LogP contribution in [0.2, 0.25) is 0 Å². The summed E-state index contributed by atoms with van der Waals surface area (Å²) in [5.41, 5.74) is 0. The topological polar surface area (TPSA) is 115 Å². The van der Waals surface area contributed by atoms with Crippen molar-refractivity contribution < 1.29 is 65.7 Å². The molecule has 2 saturated heterocycles. The van der Waals surface area contributed by atoms with Gasteiger partial charge in [-0.25, -0.2) is 8.42 Å². The molecule has 0 aliphatic carbocycles. The summed E-state index contributed by atoms with van der Waals surface area (Å²) in [6.07, 6.45) is -3.08. The number of hydrogen-bond acceptors (Lipinski definition) is 10. The molecule has 1 N–H and O–H groups in total. The molecule has 0 amide bonds. The van der Waals surface area contributed by atoms with Gasteiger partial charge in [0, 0.05) is 18.9 Å². The van der Waals surface area contributed by atoms with Crippen LogP contribution in [0.3, 0.4) is 0 Å². The Morgan fingerprint density at radius 3 is 2.57 bits per heavy atom. The second-order valence-electron chi connectivity index (χ2n) is 6.86. The van der Waals surface area contributed by atoms with Crippen LogP contribution in [0.5, 0.6) is 0 Å². The van der Waals surface area contributed by atoms with Crippen molar-refractivity contribution in [1.29, 1.82) is 0 Å². The minimum absolute atomic E-state index is 0. The van der Waals surface area contributed by atoms with Crippen molar-refractivity contribution in [2.45, 2.75) is 76.7 Å². The number of thiocarbonyl (C=S) groups is 1. The number of rotatable bonds is 8. The summed E-state index contributed by atoms with van der Waals surface area (Å²) in [4.78, 5) is 0. The van der Waals surface area contributed by atoms with Crippen LogP contribution >= 0.6 is 24.0 Å². The molecule has 6 atom stereocenters. The minimum atomic E-state index is -4.96. The molecule has 0 spiro atoms. The van der Waals surface area contributed by atoms with Gasteiger partial charge in [-0.2, -0.15) is 0 Å². The fourth-order valence-corrected chi connectivity index (χ4v) is 4.73.